The SMILES string of the molecule is COc1ccc2ncc(NC(=O)OC(C)(C)C)cc2n1. The number of methoxy groups -OCH3 is 1. The fourth-order valence-electron chi connectivity index (χ4n) is 1.59. The largest absolute Gasteiger partial charge is 0.481 e. The molecule has 0 unspecified atom stereocenters. The first-order valence-corrected chi connectivity index (χ1v) is 6.18. The number of fused-ring (bicyclic) bond motifs is 1. The monoisotopic (exact) mass is 275 g/mol. The van der Waals surface area contributed by atoms with E-state index in [-0.39, 0.29) is 0 Å². The molecule has 1 N–H and O–H groups in total. The van der Waals surface area contributed by atoms with Crippen molar-refractivity contribution in [2.24, 2.45) is 0 Å². The van der Waals surface area contributed by atoms with E-state index in [0.717, 1.165) is 5.52 Å². The molecular weight excluding hydrogens is 258 g/mol. The van der Waals surface area contributed by atoms with Crippen LogP contribution in [0.3, 0.4) is 0 Å². The fourth-order valence-corrected chi connectivity index (χ4v) is 1.59. The highest BCUT2D eigenvalue weighted by molar-refractivity contribution is 5.88. The van der Waals surface area contributed by atoms with Crippen LogP contribution in [0, 0.1) is 0 Å². The van der Waals surface area contributed by atoms with E-state index in [9.17, 15) is 4.79 Å². The summed E-state index contributed by atoms with van der Waals surface area (Å²) in [6, 6.07) is 5.25. The number of anilines is 1. The maximum atomic E-state index is 11.7. The fraction of sp³-hybridized carbons (Fsp3) is 0.357. The highest BCUT2D eigenvalue weighted by Crippen LogP contribution is 2.18. The number of carbonyl (C=O) groups is 1. The van der Waals surface area contributed by atoms with E-state index in [1.165, 1.54) is 0 Å². The molecule has 6 nitrogen and oxygen atoms in total. The second-order valence-electron chi connectivity index (χ2n) is 5.24. The van der Waals surface area contributed by atoms with Crippen LogP contribution in [0.4, 0.5) is 10.5 Å². The molecule has 2 rings (SSSR count). The minimum Gasteiger partial charge on any atom is -0.481 e. The van der Waals surface area contributed by atoms with Gasteiger partial charge in [0.15, 0.2) is 0 Å². The predicted molar refractivity (Wildman–Crippen MR) is 75.9 cm³/mol. The molecule has 2 aromatic rings. The number of aromatic nitrogens is 2. The number of rotatable bonds is 2. The Kier molecular flexibility index (Phi) is 3.74. The molecule has 0 spiro atoms. The van der Waals surface area contributed by atoms with Gasteiger partial charge >= 0.3 is 6.09 Å². The molecule has 0 bridgehead atoms. The van der Waals surface area contributed by atoms with E-state index in [2.05, 4.69) is 15.3 Å². The third kappa shape index (κ3) is 3.57. The molecule has 6 heteroatoms. The van der Waals surface area contributed by atoms with Crippen LogP contribution in [0.1, 0.15) is 20.8 Å². The predicted octanol–water partition coefficient (Wildman–Crippen LogP) is 2.99. The molecule has 0 aliphatic heterocycles. The first-order valence-electron chi connectivity index (χ1n) is 6.18. The van der Waals surface area contributed by atoms with Crippen molar-refractivity contribution in [2.75, 3.05) is 12.4 Å². The summed E-state index contributed by atoms with van der Waals surface area (Å²) in [6.45, 7) is 5.41. The highest BCUT2D eigenvalue weighted by atomic mass is 16.6. The number of amides is 1. The lowest BCUT2D eigenvalue weighted by molar-refractivity contribution is 0.0636. The second-order valence-corrected chi connectivity index (χ2v) is 5.24. The Hall–Kier alpha value is -2.37. The highest BCUT2D eigenvalue weighted by Gasteiger charge is 2.16. The quantitative estimate of drug-likeness (QED) is 0.912. The third-order valence-electron chi connectivity index (χ3n) is 2.37. The summed E-state index contributed by atoms with van der Waals surface area (Å²) in [5.74, 6) is 0.494. The summed E-state index contributed by atoms with van der Waals surface area (Å²) in [4.78, 5) is 20.2. The van der Waals surface area contributed by atoms with Crippen molar-refractivity contribution in [3.05, 3.63) is 24.4 Å². The van der Waals surface area contributed by atoms with Crippen LogP contribution in [0.15, 0.2) is 24.4 Å². The lowest BCUT2D eigenvalue weighted by Gasteiger charge is -2.19. The molecule has 0 atom stereocenters. The van der Waals surface area contributed by atoms with Crippen LogP contribution in [0.2, 0.25) is 0 Å². The lowest BCUT2D eigenvalue weighted by Crippen LogP contribution is -2.27. The summed E-state index contributed by atoms with van der Waals surface area (Å²) in [6.07, 6.45) is 1.03. The second kappa shape index (κ2) is 5.32. The van der Waals surface area contributed by atoms with Crippen molar-refractivity contribution < 1.29 is 14.3 Å². The maximum Gasteiger partial charge on any atom is 0.412 e. The molecule has 0 fully saturated rings. The molecule has 0 saturated carbocycles. The average Bonchev–Trinajstić information content (AvgIpc) is 2.35. The molecule has 0 aromatic carbocycles. The summed E-state index contributed by atoms with van der Waals surface area (Å²) in [5, 5.41) is 2.62. The smallest absolute Gasteiger partial charge is 0.412 e. The zero-order chi connectivity index (χ0) is 14.8. The van der Waals surface area contributed by atoms with Crippen molar-refractivity contribution in [1.82, 2.24) is 9.97 Å². The van der Waals surface area contributed by atoms with Crippen LogP contribution in [-0.2, 0) is 4.74 Å². The van der Waals surface area contributed by atoms with Gasteiger partial charge in [-0.3, -0.25) is 10.3 Å². The molecule has 0 radical (unpaired) electrons. The van der Waals surface area contributed by atoms with Crippen LogP contribution in [0.25, 0.3) is 11.0 Å². The molecule has 2 heterocycles. The first-order chi connectivity index (χ1) is 9.37. The number of ether oxygens (including phenoxy) is 2. The number of hydrogen-bond donors (Lipinski definition) is 1. The number of nitrogens with zero attached hydrogens (tertiary/aromatic N) is 2. The Morgan fingerprint density at radius 3 is 2.65 bits per heavy atom. The maximum absolute atomic E-state index is 11.7. The van der Waals surface area contributed by atoms with Crippen molar-refractivity contribution >= 4 is 22.8 Å². The van der Waals surface area contributed by atoms with Crippen LogP contribution < -0.4 is 10.1 Å². The van der Waals surface area contributed by atoms with Crippen molar-refractivity contribution in [3.8, 4) is 5.88 Å². The zero-order valence-corrected chi connectivity index (χ0v) is 11.9. The molecule has 2 aromatic heterocycles. The molecule has 1 amide bonds. The average molecular weight is 275 g/mol. The minimum absolute atomic E-state index is 0.494. The van der Waals surface area contributed by atoms with Gasteiger partial charge in [0.05, 0.1) is 30.0 Å². The van der Waals surface area contributed by atoms with E-state index < -0.39 is 11.7 Å². The Labute approximate surface area is 117 Å². The van der Waals surface area contributed by atoms with Gasteiger partial charge in [0, 0.05) is 6.07 Å². The number of pyridine rings is 2. The topological polar surface area (TPSA) is 73.3 Å². The summed E-state index contributed by atoms with van der Waals surface area (Å²) in [5.41, 5.74) is 1.33. The van der Waals surface area contributed by atoms with Crippen LogP contribution in [-0.4, -0.2) is 28.8 Å². The number of nitrogens with one attached hydrogen (secondary N) is 1. The summed E-state index contributed by atoms with van der Waals surface area (Å²) < 4.78 is 10.2. The minimum atomic E-state index is -0.546. The van der Waals surface area contributed by atoms with E-state index in [1.54, 1.807) is 52.3 Å². The van der Waals surface area contributed by atoms with Crippen molar-refractivity contribution in [3.63, 3.8) is 0 Å². The van der Waals surface area contributed by atoms with Gasteiger partial charge in [-0.1, -0.05) is 0 Å². The Morgan fingerprint density at radius 1 is 1.25 bits per heavy atom. The molecule has 0 aliphatic rings. The standard InChI is InChI=1S/C14H17N3O3/c1-14(2,3)20-13(18)16-9-7-11-10(15-8-9)5-6-12(17-11)19-4/h5-8H,1-4H3,(H,16,18). The number of hydrogen-bond acceptors (Lipinski definition) is 5. The van der Waals surface area contributed by atoms with Gasteiger partial charge in [0.2, 0.25) is 5.88 Å². The first kappa shape index (κ1) is 14.0. The Morgan fingerprint density at radius 2 is 2.00 bits per heavy atom. The van der Waals surface area contributed by atoms with Crippen molar-refractivity contribution in [1.29, 1.82) is 0 Å². The van der Waals surface area contributed by atoms with Gasteiger partial charge in [-0.25, -0.2) is 9.78 Å². The lowest BCUT2D eigenvalue weighted by atomic mass is 10.2. The molecular formula is C14H17N3O3. The zero-order valence-electron chi connectivity index (χ0n) is 11.9. The normalized spacial score (nSPS) is 11.2. The van der Waals surface area contributed by atoms with Crippen LogP contribution >= 0.6 is 0 Å². The van der Waals surface area contributed by atoms with Gasteiger partial charge in [-0.2, -0.15) is 0 Å². The molecule has 0 aliphatic carbocycles. The summed E-state index contributed by atoms with van der Waals surface area (Å²) in [7, 11) is 1.55. The molecule has 0 saturated heterocycles. The third-order valence-corrected chi connectivity index (χ3v) is 2.37. The van der Waals surface area contributed by atoms with E-state index >= 15 is 0 Å². The molecule has 20 heavy (non-hydrogen) atoms. The van der Waals surface area contributed by atoms with Gasteiger partial charge in [0.1, 0.15) is 5.60 Å². The van der Waals surface area contributed by atoms with Gasteiger partial charge in [-0.15, -0.1) is 0 Å². The van der Waals surface area contributed by atoms with Crippen LogP contribution in [0.5, 0.6) is 5.88 Å². The summed E-state index contributed by atoms with van der Waals surface area (Å²) >= 11 is 0. The van der Waals surface area contributed by atoms with E-state index in [4.69, 9.17) is 9.47 Å². The van der Waals surface area contributed by atoms with E-state index in [0.29, 0.717) is 17.1 Å². The van der Waals surface area contributed by atoms with Gasteiger partial charge < -0.3 is 9.47 Å². The Balaban J connectivity index is 2.20. The Bertz CT molecular complexity index is 635. The van der Waals surface area contributed by atoms with Gasteiger partial charge in [0.25, 0.3) is 0 Å². The number of carbonyl (C=O) groups excluding carboxylic acids is 1. The van der Waals surface area contributed by atoms with E-state index in [1.807, 2.05) is 0 Å². The van der Waals surface area contributed by atoms with Crippen molar-refractivity contribution in [2.45, 2.75) is 26.4 Å². The van der Waals surface area contributed by atoms with Gasteiger partial charge in [-0.05, 0) is 32.9 Å². The molecule has 106 valence electrons.